The Labute approximate surface area is 76.9 Å². The number of rotatable bonds is 3. The molecule has 0 aliphatic carbocycles. The van der Waals surface area contributed by atoms with Crippen molar-refractivity contribution < 1.29 is 14.6 Å². The third kappa shape index (κ3) is 1.82. The zero-order chi connectivity index (χ0) is 9.26. The van der Waals surface area contributed by atoms with Crippen LogP contribution >= 0.6 is 0 Å². The van der Waals surface area contributed by atoms with Crippen LogP contribution in [-0.4, -0.2) is 24.9 Å². The quantitative estimate of drug-likeness (QED) is 0.709. The highest BCUT2D eigenvalue weighted by Crippen LogP contribution is 2.28. The van der Waals surface area contributed by atoms with Gasteiger partial charge in [0.2, 0.25) is 0 Å². The van der Waals surface area contributed by atoms with Gasteiger partial charge >= 0.3 is 0 Å². The second kappa shape index (κ2) is 3.36. The number of hydrogen-bond donors (Lipinski definition) is 1. The Morgan fingerprint density at radius 2 is 2.08 bits per heavy atom. The maximum Gasteiger partial charge on any atom is 0.118 e. The van der Waals surface area contributed by atoms with Crippen LogP contribution in [0.4, 0.5) is 0 Å². The summed E-state index contributed by atoms with van der Waals surface area (Å²) < 4.78 is 10.0. The third-order valence-electron chi connectivity index (χ3n) is 2.17. The molecule has 1 aliphatic rings. The van der Waals surface area contributed by atoms with E-state index in [2.05, 4.69) is 0 Å². The van der Waals surface area contributed by atoms with Gasteiger partial charge in [0.1, 0.15) is 18.0 Å². The Balaban J connectivity index is 2.11. The van der Waals surface area contributed by atoms with Crippen molar-refractivity contribution in [3.05, 3.63) is 29.8 Å². The molecule has 0 bridgehead atoms. The summed E-state index contributed by atoms with van der Waals surface area (Å²) in [5, 5.41) is 9.66. The Morgan fingerprint density at radius 1 is 1.46 bits per heavy atom. The minimum atomic E-state index is -0.495. The van der Waals surface area contributed by atoms with Crippen molar-refractivity contribution in [2.45, 2.75) is 12.2 Å². The van der Waals surface area contributed by atoms with E-state index in [-0.39, 0.29) is 6.10 Å². The van der Waals surface area contributed by atoms with E-state index >= 15 is 0 Å². The summed E-state index contributed by atoms with van der Waals surface area (Å²) in [6, 6.07) is 7.37. The molecule has 1 aromatic rings. The lowest BCUT2D eigenvalue weighted by molar-refractivity contribution is 0.137. The molecule has 0 amide bonds. The van der Waals surface area contributed by atoms with Crippen molar-refractivity contribution in [3.63, 3.8) is 0 Å². The summed E-state index contributed by atoms with van der Waals surface area (Å²) >= 11 is 0. The van der Waals surface area contributed by atoms with E-state index in [0.29, 0.717) is 6.61 Å². The number of aliphatic hydroxyl groups is 1. The Kier molecular flexibility index (Phi) is 2.20. The topological polar surface area (TPSA) is 42.0 Å². The van der Waals surface area contributed by atoms with Gasteiger partial charge in [-0.25, -0.2) is 0 Å². The fourth-order valence-corrected chi connectivity index (χ4v) is 1.25. The first kappa shape index (κ1) is 8.53. The van der Waals surface area contributed by atoms with Gasteiger partial charge in [-0.2, -0.15) is 0 Å². The van der Waals surface area contributed by atoms with Crippen LogP contribution in [0.3, 0.4) is 0 Å². The predicted molar refractivity (Wildman–Crippen MR) is 47.7 cm³/mol. The van der Waals surface area contributed by atoms with Gasteiger partial charge in [-0.3, -0.25) is 0 Å². The Morgan fingerprint density at radius 3 is 2.54 bits per heavy atom. The molecule has 0 spiro atoms. The van der Waals surface area contributed by atoms with E-state index in [1.165, 1.54) is 0 Å². The monoisotopic (exact) mass is 180 g/mol. The molecule has 70 valence electrons. The molecule has 0 radical (unpaired) electrons. The van der Waals surface area contributed by atoms with Crippen LogP contribution in [0.25, 0.3) is 0 Å². The molecular formula is C10H12O3. The SMILES string of the molecule is COc1ccc([C@@H](O)[C@H]2CO2)cc1. The molecular weight excluding hydrogens is 168 g/mol. The number of hydrogen-bond acceptors (Lipinski definition) is 3. The minimum Gasteiger partial charge on any atom is -0.497 e. The van der Waals surface area contributed by atoms with E-state index in [9.17, 15) is 5.11 Å². The molecule has 0 aromatic heterocycles. The van der Waals surface area contributed by atoms with Crippen molar-refractivity contribution in [2.75, 3.05) is 13.7 Å². The smallest absolute Gasteiger partial charge is 0.118 e. The summed E-state index contributed by atoms with van der Waals surface area (Å²) in [6.45, 7) is 0.660. The molecule has 1 saturated heterocycles. The van der Waals surface area contributed by atoms with Crippen molar-refractivity contribution in [3.8, 4) is 5.75 Å². The largest absolute Gasteiger partial charge is 0.497 e. The number of epoxide rings is 1. The van der Waals surface area contributed by atoms with Crippen LogP contribution in [0.2, 0.25) is 0 Å². The van der Waals surface area contributed by atoms with Crippen LogP contribution in [0, 0.1) is 0 Å². The lowest BCUT2D eigenvalue weighted by Crippen LogP contribution is -2.04. The average molecular weight is 180 g/mol. The first-order valence-electron chi connectivity index (χ1n) is 4.25. The second-order valence-electron chi connectivity index (χ2n) is 3.09. The molecule has 2 atom stereocenters. The highest BCUT2D eigenvalue weighted by molar-refractivity contribution is 5.29. The molecule has 0 saturated carbocycles. The van der Waals surface area contributed by atoms with Crippen molar-refractivity contribution >= 4 is 0 Å². The highest BCUT2D eigenvalue weighted by atomic mass is 16.6. The lowest BCUT2D eigenvalue weighted by atomic mass is 10.1. The second-order valence-corrected chi connectivity index (χ2v) is 3.09. The molecule has 2 rings (SSSR count). The zero-order valence-corrected chi connectivity index (χ0v) is 7.43. The molecule has 1 aliphatic heterocycles. The summed E-state index contributed by atoms with van der Waals surface area (Å²) in [6.07, 6.45) is -0.501. The van der Waals surface area contributed by atoms with Crippen molar-refractivity contribution in [1.82, 2.24) is 0 Å². The molecule has 3 nitrogen and oxygen atoms in total. The summed E-state index contributed by atoms with van der Waals surface area (Å²) in [7, 11) is 1.62. The van der Waals surface area contributed by atoms with E-state index in [1.807, 2.05) is 24.3 Å². The van der Waals surface area contributed by atoms with Crippen LogP contribution in [-0.2, 0) is 4.74 Å². The van der Waals surface area contributed by atoms with E-state index in [4.69, 9.17) is 9.47 Å². The van der Waals surface area contributed by atoms with Gasteiger partial charge in [-0.05, 0) is 17.7 Å². The van der Waals surface area contributed by atoms with E-state index in [1.54, 1.807) is 7.11 Å². The molecule has 1 N–H and O–H groups in total. The molecule has 1 heterocycles. The minimum absolute atomic E-state index is 0.00612. The normalized spacial score (nSPS) is 22.5. The fraction of sp³-hybridized carbons (Fsp3) is 0.400. The standard InChI is InChI=1S/C10H12O3/c1-12-8-4-2-7(3-5-8)10(11)9-6-13-9/h2-5,9-11H,6H2,1H3/t9-,10-/m1/s1. The van der Waals surface area contributed by atoms with E-state index < -0.39 is 6.10 Å². The van der Waals surface area contributed by atoms with Gasteiger partial charge in [-0.15, -0.1) is 0 Å². The molecule has 13 heavy (non-hydrogen) atoms. The van der Waals surface area contributed by atoms with Gasteiger partial charge in [-0.1, -0.05) is 12.1 Å². The molecule has 0 unspecified atom stereocenters. The first-order chi connectivity index (χ1) is 6.31. The van der Waals surface area contributed by atoms with Gasteiger partial charge in [0.05, 0.1) is 13.7 Å². The van der Waals surface area contributed by atoms with Gasteiger partial charge in [0.15, 0.2) is 0 Å². The highest BCUT2D eigenvalue weighted by Gasteiger charge is 2.32. The van der Waals surface area contributed by atoms with E-state index in [0.717, 1.165) is 11.3 Å². The summed E-state index contributed by atoms with van der Waals surface area (Å²) in [4.78, 5) is 0. The van der Waals surface area contributed by atoms with Gasteiger partial charge in [0.25, 0.3) is 0 Å². The Hall–Kier alpha value is -1.06. The molecule has 1 aromatic carbocycles. The van der Waals surface area contributed by atoms with Crippen molar-refractivity contribution in [1.29, 1.82) is 0 Å². The van der Waals surface area contributed by atoms with Crippen LogP contribution < -0.4 is 4.74 Å². The average Bonchev–Trinajstić information content (AvgIpc) is 3.00. The molecule has 3 heteroatoms. The number of ether oxygens (including phenoxy) is 2. The fourth-order valence-electron chi connectivity index (χ4n) is 1.25. The maximum atomic E-state index is 9.66. The number of methoxy groups -OCH3 is 1. The summed E-state index contributed by atoms with van der Waals surface area (Å²) in [5.41, 5.74) is 0.878. The lowest BCUT2D eigenvalue weighted by Gasteiger charge is -2.07. The number of aliphatic hydroxyl groups excluding tert-OH is 1. The van der Waals surface area contributed by atoms with Gasteiger partial charge < -0.3 is 14.6 Å². The molecule has 1 fully saturated rings. The Bertz CT molecular complexity index is 277. The zero-order valence-electron chi connectivity index (χ0n) is 7.43. The maximum absolute atomic E-state index is 9.66. The van der Waals surface area contributed by atoms with Crippen molar-refractivity contribution in [2.24, 2.45) is 0 Å². The van der Waals surface area contributed by atoms with Crippen LogP contribution in [0.1, 0.15) is 11.7 Å². The van der Waals surface area contributed by atoms with Gasteiger partial charge in [0, 0.05) is 0 Å². The third-order valence-corrected chi connectivity index (χ3v) is 2.17. The number of benzene rings is 1. The first-order valence-corrected chi connectivity index (χ1v) is 4.25. The predicted octanol–water partition coefficient (Wildman–Crippen LogP) is 1.13. The van der Waals surface area contributed by atoms with Crippen LogP contribution in [0.15, 0.2) is 24.3 Å². The summed E-state index contributed by atoms with van der Waals surface area (Å²) in [5.74, 6) is 0.799. The van der Waals surface area contributed by atoms with Crippen LogP contribution in [0.5, 0.6) is 5.75 Å².